The van der Waals surface area contributed by atoms with E-state index in [-0.39, 0.29) is 56.6 Å². The molecule has 0 amide bonds. The molecule has 0 N–H and O–H groups in total. The maximum absolute atomic E-state index is 10.7. The molecule has 0 spiro atoms. The first-order valence-electron chi connectivity index (χ1n) is 8.25. The van der Waals surface area contributed by atoms with E-state index in [0.29, 0.717) is 11.0 Å². The van der Waals surface area contributed by atoms with Gasteiger partial charge in [-0.25, -0.2) is 17.8 Å². The predicted molar refractivity (Wildman–Crippen MR) is 102 cm³/mol. The van der Waals surface area contributed by atoms with Crippen molar-refractivity contribution in [3.63, 3.8) is 0 Å². The Balaban J connectivity index is 0.000000552. The van der Waals surface area contributed by atoms with Gasteiger partial charge in [0.15, 0.2) is 5.76 Å². The second-order valence-corrected chi connectivity index (χ2v) is 6.93. The first kappa shape index (κ1) is 21.6. The summed E-state index contributed by atoms with van der Waals surface area (Å²) in [5.41, 5.74) is 2.73. The van der Waals surface area contributed by atoms with Crippen LogP contribution in [0.3, 0.4) is 0 Å². The van der Waals surface area contributed by atoms with Gasteiger partial charge in [0, 0.05) is 11.1 Å². The molecule has 5 heteroatoms. The molecule has 0 aliphatic heterocycles. The Morgan fingerprint density at radius 1 is 1.04 bits per heavy atom. The van der Waals surface area contributed by atoms with E-state index in [0.717, 1.165) is 16.8 Å². The number of thioether (sulfide) groups is 1. The molecular weight excluding hydrogens is 369 g/mol. The summed E-state index contributed by atoms with van der Waals surface area (Å²) in [6, 6.07) is 19.7. The van der Waals surface area contributed by atoms with Crippen molar-refractivity contribution < 1.29 is 60.6 Å². The van der Waals surface area contributed by atoms with Gasteiger partial charge in [-0.05, 0) is 0 Å². The minimum atomic E-state index is -0.314. The van der Waals surface area contributed by atoms with Gasteiger partial charge in [-0.15, -0.1) is 0 Å². The standard InChI is InChI=1S/C18H14NO2S.C3H5.K/c1-13(12-20)22-18-19-16(14-8-4-2-5-9-14)17(21-18)15-10-6-3-7-11-15;1-2-3-1;/h2-11,13H,1H3;1H,2-3H2;/q2*-1;+1. The van der Waals surface area contributed by atoms with Crippen LogP contribution in [-0.4, -0.2) is 16.5 Å². The van der Waals surface area contributed by atoms with Crippen LogP contribution in [0.25, 0.3) is 22.6 Å². The van der Waals surface area contributed by atoms with E-state index in [9.17, 15) is 4.79 Å². The van der Waals surface area contributed by atoms with E-state index in [2.05, 4.69) is 11.4 Å². The van der Waals surface area contributed by atoms with Crippen molar-refractivity contribution in [2.24, 2.45) is 0 Å². The van der Waals surface area contributed by atoms with Gasteiger partial charge in [0.2, 0.25) is 0 Å². The van der Waals surface area contributed by atoms with E-state index < -0.39 is 0 Å². The predicted octanol–water partition coefficient (Wildman–Crippen LogP) is 2.59. The van der Waals surface area contributed by atoms with Crippen molar-refractivity contribution >= 4 is 18.0 Å². The zero-order valence-electron chi connectivity index (χ0n) is 15.0. The molecule has 1 unspecified atom stereocenters. The van der Waals surface area contributed by atoms with E-state index in [1.165, 1.54) is 24.6 Å². The number of oxazole rings is 1. The summed E-state index contributed by atoms with van der Waals surface area (Å²) in [5.74, 6) is 0.715. The molecule has 1 saturated carbocycles. The first-order valence-corrected chi connectivity index (χ1v) is 9.13. The van der Waals surface area contributed by atoms with Crippen molar-refractivity contribution in [1.29, 1.82) is 0 Å². The van der Waals surface area contributed by atoms with Gasteiger partial charge in [0.25, 0.3) is 5.22 Å². The van der Waals surface area contributed by atoms with Gasteiger partial charge in [0.05, 0.1) is 0 Å². The van der Waals surface area contributed by atoms with Gasteiger partial charge in [-0.1, -0.05) is 84.6 Å². The van der Waals surface area contributed by atoms with Crippen molar-refractivity contribution in [2.45, 2.75) is 30.2 Å². The van der Waals surface area contributed by atoms with Crippen LogP contribution in [0.4, 0.5) is 0 Å². The third kappa shape index (κ3) is 6.48. The van der Waals surface area contributed by atoms with Crippen molar-refractivity contribution in [2.75, 3.05) is 0 Å². The fourth-order valence-electron chi connectivity index (χ4n) is 2.10. The smallest absolute Gasteiger partial charge is 0.541 e. The number of benzene rings is 2. The van der Waals surface area contributed by atoms with E-state index in [1.807, 2.05) is 66.9 Å². The van der Waals surface area contributed by atoms with Gasteiger partial charge >= 0.3 is 51.4 Å². The van der Waals surface area contributed by atoms with E-state index in [4.69, 9.17) is 4.42 Å². The van der Waals surface area contributed by atoms with Crippen molar-refractivity contribution in [1.82, 2.24) is 4.98 Å². The maximum Gasteiger partial charge on any atom is 1.00 e. The third-order valence-electron chi connectivity index (χ3n) is 3.42. The molecule has 1 fully saturated rings. The Labute approximate surface area is 201 Å². The molecule has 128 valence electrons. The normalized spacial score (nSPS) is 13.0. The minimum Gasteiger partial charge on any atom is -0.541 e. The zero-order valence-corrected chi connectivity index (χ0v) is 19.0. The number of carbonyl (C=O) groups excluding carboxylic acids is 1. The summed E-state index contributed by atoms with van der Waals surface area (Å²) in [6.07, 6.45) is 6.93. The summed E-state index contributed by atoms with van der Waals surface area (Å²) >= 11 is 1.27. The Bertz CT molecular complexity index is 744. The monoisotopic (exact) mass is 388 g/mol. The number of hydrogen-bond acceptors (Lipinski definition) is 4. The summed E-state index contributed by atoms with van der Waals surface area (Å²) in [7, 11) is 0. The second-order valence-electron chi connectivity index (χ2n) is 5.63. The number of hydrogen-bond donors (Lipinski definition) is 0. The Hall–Kier alpha value is -0.694. The molecule has 4 rings (SSSR count). The van der Waals surface area contributed by atoms with Crippen LogP contribution in [0.2, 0.25) is 0 Å². The number of aromatic nitrogens is 1. The van der Waals surface area contributed by atoms with Crippen LogP contribution in [0.1, 0.15) is 19.8 Å². The van der Waals surface area contributed by atoms with Crippen LogP contribution in [0, 0.1) is 6.42 Å². The second kappa shape index (κ2) is 11.2. The van der Waals surface area contributed by atoms with Gasteiger partial charge in [0.1, 0.15) is 5.69 Å². The molecule has 1 aliphatic carbocycles. The maximum atomic E-state index is 10.7. The van der Waals surface area contributed by atoms with E-state index in [1.54, 1.807) is 6.92 Å². The molecule has 3 nitrogen and oxygen atoms in total. The van der Waals surface area contributed by atoms with Crippen LogP contribution in [0.5, 0.6) is 0 Å². The molecule has 3 aromatic rings. The SMILES string of the molecule is CC([C-]=O)Sc1nc(-c2ccccc2)c(-c2ccccc2)o1.[CH-]1CC1.[K+]. The molecule has 0 saturated heterocycles. The van der Waals surface area contributed by atoms with Gasteiger partial charge in [-0.3, -0.25) is 6.29 Å². The number of rotatable bonds is 5. The fraction of sp³-hybridized carbons (Fsp3) is 0.190. The fourth-order valence-corrected chi connectivity index (χ4v) is 2.73. The summed E-state index contributed by atoms with van der Waals surface area (Å²) in [6.45, 7) is 1.77. The van der Waals surface area contributed by atoms with Crippen LogP contribution >= 0.6 is 11.8 Å². The molecule has 0 bridgehead atoms. The third-order valence-corrected chi connectivity index (χ3v) is 4.25. The minimum absolute atomic E-state index is 0. The Morgan fingerprint density at radius 2 is 1.58 bits per heavy atom. The number of nitrogens with zero attached hydrogens (tertiary/aromatic N) is 1. The quantitative estimate of drug-likeness (QED) is 0.383. The summed E-state index contributed by atoms with van der Waals surface area (Å²) in [4.78, 5) is 15.3. The molecular formula is C21H19KNO2S-. The van der Waals surface area contributed by atoms with Crippen molar-refractivity contribution in [3.8, 4) is 22.6 Å². The molecule has 1 aromatic heterocycles. The average molecular weight is 389 g/mol. The Morgan fingerprint density at radius 3 is 2.08 bits per heavy atom. The molecule has 0 radical (unpaired) electrons. The first-order chi connectivity index (χ1) is 12.3. The van der Waals surface area contributed by atoms with Crippen LogP contribution in [0.15, 0.2) is 70.3 Å². The Kier molecular flexibility index (Phi) is 9.32. The topological polar surface area (TPSA) is 43.1 Å². The van der Waals surface area contributed by atoms with Crippen LogP contribution in [-0.2, 0) is 4.79 Å². The largest absolute Gasteiger partial charge is 1.00 e. The molecule has 1 atom stereocenters. The average Bonchev–Trinajstić information content (AvgIpc) is 3.50. The zero-order chi connectivity index (χ0) is 17.5. The summed E-state index contributed by atoms with van der Waals surface area (Å²) < 4.78 is 5.90. The molecule has 1 aliphatic rings. The molecule has 2 aromatic carbocycles. The van der Waals surface area contributed by atoms with Crippen LogP contribution < -0.4 is 51.4 Å². The summed E-state index contributed by atoms with van der Waals surface area (Å²) in [5, 5.41) is 0.166. The van der Waals surface area contributed by atoms with Gasteiger partial charge in [-0.2, -0.15) is 0 Å². The molecule has 1 heterocycles. The van der Waals surface area contributed by atoms with E-state index >= 15 is 0 Å². The molecule has 26 heavy (non-hydrogen) atoms. The van der Waals surface area contributed by atoms with Gasteiger partial charge < -0.3 is 15.6 Å². The van der Waals surface area contributed by atoms with Crippen molar-refractivity contribution in [3.05, 3.63) is 67.1 Å².